The zero-order chi connectivity index (χ0) is 15.1. The normalized spacial score (nSPS) is 17.5. The van der Waals surface area contributed by atoms with E-state index in [1.807, 2.05) is 25.1 Å². The SMILES string of the molecule is COCCOc1cc(C)ccc1NC(=O)C1CNCCO1.Cl. The van der Waals surface area contributed by atoms with Crippen LogP contribution in [-0.4, -0.2) is 52.0 Å². The fraction of sp³-hybridized carbons (Fsp3) is 0.533. The molecule has 22 heavy (non-hydrogen) atoms. The van der Waals surface area contributed by atoms with Crippen LogP contribution in [0.4, 0.5) is 5.69 Å². The Morgan fingerprint density at radius 3 is 2.95 bits per heavy atom. The van der Waals surface area contributed by atoms with Gasteiger partial charge < -0.3 is 24.8 Å². The number of hydrogen-bond acceptors (Lipinski definition) is 5. The Hall–Kier alpha value is -1.34. The molecule has 124 valence electrons. The Labute approximate surface area is 136 Å². The average molecular weight is 331 g/mol. The van der Waals surface area contributed by atoms with Crippen LogP contribution in [0.5, 0.6) is 5.75 Å². The van der Waals surface area contributed by atoms with Crippen molar-refractivity contribution in [1.82, 2.24) is 5.32 Å². The zero-order valence-corrected chi connectivity index (χ0v) is 13.7. The molecular formula is C15H23ClN2O4. The minimum Gasteiger partial charge on any atom is -0.489 e. The summed E-state index contributed by atoms with van der Waals surface area (Å²) >= 11 is 0. The Morgan fingerprint density at radius 2 is 2.27 bits per heavy atom. The molecule has 1 aliphatic heterocycles. The van der Waals surface area contributed by atoms with Crippen LogP contribution in [0, 0.1) is 6.92 Å². The molecule has 1 amide bonds. The maximum Gasteiger partial charge on any atom is 0.254 e. The summed E-state index contributed by atoms with van der Waals surface area (Å²) < 4.78 is 16.1. The predicted molar refractivity (Wildman–Crippen MR) is 87.0 cm³/mol. The molecule has 7 heteroatoms. The summed E-state index contributed by atoms with van der Waals surface area (Å²) in [6.07, 6.45) is -0.466. The number of methoxy groups -OCH3 is 1. The molecule has 1 aromatic rings. The van der Waals surface area contributed by atoms with Crippen LogP contribution in [0.1, 0.15) is 5.56 Å². The molecule has 0 aliphatic carbocycles. The maximum atomic E-state index is 12.2. The van der Waals surface area contributed by atoms with Crippen molar-refractivity contribution in [3.05, 3.63) is 23.8 Å². The van der Waals surface area contributed by atoms with Crippen molar-refractivity contribution in [1.29, 1.82) is 0 Å². The quantitative estimate of drug-likeness (QED) is 0.771. The van der Waals surface area contributed by atoms with Crippen molar-refractivity contribution in [3.63, 3.8) is 0 Å². The molecule has 0 radical (unpaired) electrons. The summed E-state index contributed by atoms with van der Waals surface area (Å²) in [5.74, 6) is 0.479. The third-order valence-corrected chi connectivity index (χ3v) is 3.16. The zero-order valence-electron chi connectivity index (χ0n) is 12.9. The Bertz CT molecular complexity index is 479. The molecule has 0 aromatic heterocycles. The first-order valence-electron chi connectivity index (χ1n) is 7.06. The number of carbonyl (C=O) groups excluding carboxylic acids is 1. The maximum absolute atomic E-state index is 12.2. The lowest BCUT2D eigenvalue weighted by Gasteiger charge is -2.23. The van der Waals surface area contributed by atoms with Gasteiger partial charge in [-0.1, -0.05) is 6.07 Å². The van der Waals surface area contributed by atoms with Gasteiger partial charge in [0, 0.05) is 20.2 Å². The van der Waals surface area contributed by atoms with E-state index in [1.54, 1.807) is 7.11 Å². The van der Waals surface area contributed by atoms with Gasteiger partial charge in [-0.25, -0.2) is 0 Å². The van der Waals surface area contributed by atoms with E-state index >= 15 is 0 Å². The molecule has 1 saturated heterocycles. The van der Waals surface area contributed by atoms with E-state index in [9.17, 15) is 4.79 Å². The van der Waals surface area contributed by atoms with Crippen molar-refractivity contribution in [2.75, 3.05) is 45.3 Å². The van der Waals surface area contributed by atoms with Crippen molar-refractivity contribution in [2.45, 2.75) is 13.0 Å². The van der Waals surface area contributed by atoms with Gasteiger partial charge in [-0.2, -0.15) is 0 Å². The Kier molecular flexibility index (Phi) is 8.19. The lowest BCUT2D eigenvalue weighted by molar-refractivity contribution is -0.128. The van der Waals surface area contributed by atoms with Crippen LogP contribution in [0.15, 0.2) is 18.2 Å². The summed E-state index contributed by atoms with van der Waals surface area (Å²) in [4.78, 5) is 12.2. The third-order valence-electron chi connectivity index (χ3n) is 3.16. The highest BCUT2D eigenvalue weighted by Gasteiger charge is 2.22. The fourth-order valence-corrected chi connectivity index (χ4v) is 2.03. The molecule has 1 aromatic carbocycles. The van der Waals surface area contributed by atoms with E-state index in [0.29, 0.717) is 37.8 Å². The Balaban J connectivity index is 0.00000242. The van der Waals surface area contributed by atoms with Gasteiger partial charge in [-0.3, -0.25) is 4.79 Å². The second-order valence-corrected chi connectivity index (χ2v) is 4.89. The van der Waals surface area contributed by atoms with Gasteiger partial charge in [0.15, 0.2) is 0 Å². The molecule has 1 atom stereocenters. The van der Waals surface area contributed by atoms with Crippen molar-refractivity contribution >= 4 is 24.0 Å². The molecule has 6 nitrogen and oxygen atoms in total. The molecule has 0 bridgehead atoms. The number of halogens is 1. The van der Waals surface area contributed by atoms with Gasteiger partial charge in [-0.15, -0.1) is 12.4 Å². The summed E-state index contributed by atoms with van der Waals surface area (Å²) in [6.45, 7) is 4.75. The van der Waals surface area contributed by atoms with Crippen LogP contribution < -0.4 is 15.4 Å². The number of amides is 1. The smallest absolute Gasteiger partial charge is 0.254 e. The number of benzene rings is 1. The van der Waals surface area contributed by atoms with Gasteiger partial charge >= 0.3 is 0 Å². The molecular weight excluding hydrogens is 308 g/mol. The lowest BCUT2D eigenvalue weighted by Crippen LogP contribution is -2.45. The van der Waals surface area contributed by atoms with Crippen LogP contribution in [0.2, 0.25) is 0 Å². The van der Waals surface area contributed by atoms with Crippen LogP contribution in [-0.2, 0) is 14.3 Å². The molecule has 0 spiro atoms. The van der Waals surface area contributed by atoms with E-state index in [-0.39, 0.29) is 18.3 Å². The first kappa shape index (κ1) is 18.7. The number of carbonyl (C=O) groups is 1. The predicted octanol–water partition coefficient (Wildman–Crippen LogP) is 1.37. The van der Waals surface area contributed by atoms with Crippen LogP contribution >= 0.6 is 12.4 Å². The third kappa shape index (κ3) is 5.46. The van der Waals surface area contributed by atoms with E-state index < -0.39 is 6.10 Å². The van der Waals surface area contributed by atoms with Gasteiger partial charge in [-0.05, 0) is 24.6 Å². The van der Waals surface area contributed by atoms with E-state index in [0.717, 1.165) is 12.1 Å². The summed E-state index contributed by atoms with van der Waals surface area (Å²) in [5.41, 5.74) is 1.71. The van der Waals surface area contributed by atoms with E-state index in [1.165, 1.54) is 0 Å². The molecule has 2 rings (SSSR count). The fourth-order valence-electron chi connectivity index (χ4n) is 2.03. The minimum absolute atomic E-state index is 0. The van der Waals surface area contributed by atoms with E-state index in [4.69, 9.17) is 14.2 Å². The summed E-state index contributed by atoms with van der Waals surface area (Å²) in [5, 5.41) is 6.00. The first-order chi connectivity index (χ1) is 10.2. The Morgan fingerprint density at radius 1 is 1.45 bits per heavy atom. The van der Waals surface area contributed by atoms with Gasteiger partial charge in [0.05, 0.1) is 18.9 Å². The second kappa shape index (κ2) is 9.63. The monoisotopic (exact) mass is 330 g/mol. The number of aryl methyl sites for hydroxylation is 1. The molecule has 1 unspecified atom stereocenters. The minimum atomic E-state index is -0.466. The number of anilines is 1. The topological polar surface area (TPSA) is 68.8 Å². The highest BCUT2D eigenvalue weighted by molar-refractivity contribution is 5.95. The molecule has 1 aliphatic rings. The van der Waals surface area contributed by atoms with Gasteiger partial charge in [0.25, 0.3) is 5.91 Å². The molecule has 1 fully saturated rings. The standard InChI is InChI=1S/C15H22N2O4.ClH/c1-11-3-4-12(13(9-11)21-8-7-19-2)17-15(18)14-10-16-5-6-20-14;/h3-4,9,14,16H,5-8,10H2,1-2H3,(H,17,18);1H. The van der Waals surface area contributed by atoms with Crippen molar-refractivity contribution in [2.24, 2.45) is 0 Å². The van der Waals surface area contributed by atoms with Gasteiger partial charge in [0.1, 0.15) is 18.5 Å². The highest BCUT2D eigenvalue weighted by atomic mass is 35.5. The van der Waals surface area contributed by atoms with Crippen molar-refractivity contribution in [3.8, 4) is 5.75 Å². The number of rotatable bonds is 6. The summed E-state index contributed by atoms with van der Waals surface area (Å²) in [6, 6.07) is 5.66. The largest absolute Gasteiger partial charge is 0.489 e. The number of hydrogen-bond donors (Lipinski definition) is 2. The van der Waals surface area contributed by atoms with Crippen LogP contribution in [0.3, 0.4) is 0 Å². The van der Waals surface area contributed by atoms with Gasteiger partial charge in [0.2, 0.25) is 0 Å². The second-order valence-electron chi connectivity index (χ2n) is 4.89. The molecule has 0 saturated carbocycles. The number of nitrogens with one attached hydrogen (secondary N) is 2. The number of ether oxygens (including phenoxy) is 3. The lowest BCUT2D eigenvalue weighted by atomic mass is 10.2. The molecule has 2 N–H and O–H groups in total. The highest BCUT2D eigenvalue weighted by Crippen LogP contribution is 2.26. The molecule has 1 heterocycles. The average Bonchev–Trinajstić information content (AvgIpc) is 2.51. The van der Waals surface area contributed by atoms with Crippen molar-refractivity contribution < 1.29 is 19.0 Å². The first-order valence-corrected chi connectivity index (χ1v) is 7.06. The summed E-state index contributed by atoms with van der Waals surface area (Å²) in [7, 11) is 1.62. The van der Waals surface area contributed by atoms with E-state index in [2.05, 4.69) is 10.6 Å². The van der Waals surface area contributed by atoms with Crippen LogP contribution in [0.25, 0.3) is 0 Å². The number of morpholine rings is 1.